The lowest BCUT2D eigenvalue weighted by Crippen LogP contribution is -2.31. The summed E-state index contributed by atoms with van der Waals surface area (Å²) in [5, 5.41) is 0. The van der Waals surface area contributed by atoms with E-state index in [0.29, 0.717) is 0 Å². The fourth-order valence-electron chi connectivity index (χ4n) is 4.21. The van der Waals surface area contributed by atoms with E-state index in [9.17, 15) is 4.79 Å². The molecule has 0 amide bonds. The minimum absolute atomic E-state index is 0. The van der Waals surface area contributed by atoms with E-state index >= 15 is 0 Å². The Kier molecular flexibility index (Phi) is 7.12. The lowest BCUT2D eigenvalue weighted by atomic mass is 10.0. The number of carbonyl (C=O) groups is 1. The van der Waals surface area contributed by atoms with Crippen LogP contribution in [0, 0.1) is 18.8 Å². The number of halogens is 1. The second-order valence-corrected chi connectivity index (χ2v) is 7.43. The Balaban J connectivity index is 0.00000208. The van der Waals surface area contributed by atoms with Crippen LogP contribution in [0.2, 0.25) is 0 Å². The van der Waals surface area contributed by atoms with Gasteiger partial charge in [0.25, 0.3) is 0 Å². The van der Waals surface area contributed by atoms with Crippen molar-refractivity contribution in [1.29, 1.82) is 0 Å². The molecule has 134 valence electrons. The Morgan fingerprint density at radius 3 is 2.62 bits per heavy atom. The van der Waals surface area contributed by atoms with Crippen molar-refractivity contribution in [3.05, 3.63) is 35.4 Å². The van der Waals surface area contributed by atoms with Crippen LogP contribution in [0.3, 0.4) is 0 Å². The molecular weight excluding hydrogens is 322 g/mol. The average molecular weight is 352 g/mol. The topological polar surface area (TPSA) is 29.5 Å². The van der Waals surface area contributed by atoms with Gasteiger partial charge in [0.05, 0.1) is 0 Å². The molecule has 3 nitrogen and oxygen atoms in total. The molecular formula is C20H30ClNO2. The molecule has 4 heteroatoms. The van der Waals surface area contributed by atoms with Gasteiger partial charge >= 0.3 is 5.97 Å². The number of benzene rings is 1. The molecule has 3 rings (SSSR count). The number of rotatable bonds is 5. The number of esters is 1. The van der Waals surface area contributed by atoms with Gasteiger partial charge < -0.3 is 9.64 Å². The zero-order valence-electron chi connectivity index (χ0n) is 14.9. The number of likely N-dealkylation sites (tertiary alicyclic amines) is 1. The normalized spacial score (nSPS) is 24.8. The second kappa shape index (κ2) is 8.87. The predicted octanol–water partition coefficient (Wildman–Crippen LogP) is 4.53. The van der Waals surface area contributed by atoms with Crippen molar-refractivity contribution in [1.82, 2.24) is 4.90 Å². The van der Waals surface area contributed by atoms with Crippen molar-refractivity contribution in [3.8, 4) is 0 Å². The number of hydrogen-bond donors (Lipinski definition) is 0. The molecule has 1 aliphatic carbocycles. The molecule has 1 aliphatic heterocycles. The summed E-state index contributed by atoms with van der Waals surface area (Å²) in [6.45, 7) is 7.05. The predicted molar refractivity (Wildman–Crippen MR) is 99.4 cm³/mol. The van der Waals surface area contributed by atoms with Crippen LogP contribution in [0.15, 0.2) is 24.3 Å². The molecule has 1 aromatic carbocycles. The van der Waals surface area contributed by atoms with E-state index < -0.39 is 0 Å². The largest absolute Gasteiger partial charge is 0.458 e. The molecule has 2 bridgehead atoms. The first-order valence-electron chi connectivity index (χ1n) is 9.06. The molecule has 1 saturated carbocycles. The number of hydrogen-bond acceptors (Lipinski definition) is 3. The van der Waals surface area contributed by atoms with E-state index in [0.717, 1.165) is 30.4 Å². The summed E-state index contributed by atoms with van der Waals surface area (Å²) in [5.41, 5.74) is 2.35. The zero-order valence-corrected chi connectivity index (χ0v) is 15.7. The SMILES string of the molecule is CC(=O)OC(CCN1CCC2CCC(C2)C1)c1ccc(C)cc1.Cl. The lowest BCUT2D eigenvalue weighted by molar-refractivity contribution is -0.147. The molecule has 3 unspecified atom stereocenters. The van der Waals surface area contributed by atoms with E-state index in [1.165, 1.54) is 51.3 Å². The molecule has 1 saturated heterocycles. The number of carbonyl (C=O) groups excluding carboxylic acids is 1. The van der Waals surface area contributed by atoms with Gasteiger partial charge in [-0.3, -0.25) is 4.79 Å². The average Bonchev–Trinajstić information content (AvgIpc) is 2.85. The first-order chi connectivity index (χ1) is 11.1. The summed E-state index contributed by atoms with van der Waals surface area (Å²) >= 11 is 0. The van der Waals surface area contributed by atoms with Gasteiger partial charge in [-0.2, -0.15) is 0 Å². The minimum atomic E-state index is -0.189. The maximum Gasteiger partial charge on any atom is 0.303 e. The Hall–Kier alpha value is -1.06. The van der Waals surface area contributed by atoms with Gasteiger partial charge in [-0.15, -0.1) is 12.4 Å². The van der Waals surface area contributed by atoms with Crippen LogP contribution in [0.5, 0.6) is 0 Å². The maximum absolute atomic E-state index is 11.5. The van der Waals surface area contributed by atoms with E-state index in [1.807, 2.05) is 0 Å². The molecule has 0 radical (unpaired) electrons. The molecule has 1 heterocycles. The lowest BCUT2D eigenvalue weighted by Gasteiger charge is -2.27. The van der Waals surface area contributed by atoms with Gasteiger partial charge in [-0.25, -0.2) is 0 Å². The summed E-state index contributed by atoms with van der Waals surface area (Å²) in [7, 11) is 0. The van der Waals surface area contributed by atoms with E-state index in [2.05, 4.69) is 36.1 Å². The highest BCUT2D eigenvalue weighted by molar-refractivity contribution is 5.85. The molecule has 0 spiro atoms. The van der Waals surface area contributed by atoms with E-state index in [4.69, 9.17) is 4.74 Å². The van der Waals surface area contributed by atoms with Crippen LogP contribution in [0.1, 0.15) is 56.3 Å². The fourth-order valence-corrected chi connectivity index (χ4v) is 4.21. The maximum atomic E-state index is 11.5. The monoisotopic (exact) mass is 351 g/mol. The van der Waals surface area contributed by atoms with Crippen LogP contribution in [-0.2, 0) is 9.53 Å². The van der Waals surface area contributed by atoms with Crippen molar-refractivity contribution in [2.75, 3.05) is 19.6 Å². The van der Waals surface area contributed by atoms with E-state index in [-0.39, 0.29) is 24.5 Å². The smallest absolute Gasteiger partial charge is 0.303 e. The van der Waals surface area contributed by atoms with Gasteiger partial charge in [0.1, 0.15) is 6.10 Å². The summed E-state index contributed by atoms with van der Waals surface area (Å²) in [6, 6.07) is 8.37. The third-order valence-corrected chi connectivity index (χ3v) is 5.48. The van der Waals surface area contributed by atoms with Crippen LogP contribution < -0.4 is 0 Å². The van der Waals surface area contributed by atoms with Crippen LogP contribution in [-0.4, -0.2) is 30.5 Å². The van der Waals surface area contributed by atoms with Crippen molar-refractivity contribution in [2.45, 2.75) is 52.1 Å². The minimum Gasteiger partial charge on any atom is -0.458 e. The number of fused-ring (bicyclic) bond motifs is 2. The van der Waals surface area contributed by atoms with Crippen molar-refractivity contribution >= 4 is 18.4 Å². The van der Waals surface area contributed by atoms with Crippen molar-refractivity contribution in [3.63, 3.8) is 0 Å². The van der Waals surface area contributed by atoms with Gasteiger partial charge in [-0.05, 0) is 50.1 Å². The highest BCUT2D eigenvalue weighted by atomic mass is 35.5. The molecule has 1 aromatic rings. The standard InChI is InChI=1S/C20H29NO2.ClH/c1-15-3-7-19(8-4-15)20(23-16(2)22)10-12-21-11-9-17-5-6-18(13-17)14-21;/h3-4,7-8,17-18,20H,5-6,9-14H2,1-2H3;1H. The molecule has 0 N–H and O–H groups in total. The van der Waals surface area contributed by atoms with Crippen LogP contribution in [0.25, 0.3) is 0 Å². The Bertz CT molecular complexity index is 531. The Morgan fingerprint density at radius 2 is 1.92 bits per heavy atom. The number of nitrogens with zero attached hydrogens (tertiary/aromatic N) is 1. The zero-order chi connectivity index (χ0) is 16.2. The van der Waals surface area contributed by atoms with E-state index in [1.54, 1.807) is 0 Å². The fraction of sp³-hybridized carbons (Fsp3) is 0.650. The van der Waals surface area contributed by atoms with Crippen molar-refractivity contribution in [2.24, 2.45) is 11.8 Å². The second-order valence-electron chi connectivity index (χ2n) is 7.43. The Morgan fingerprint density at radius 1 is 1.21 bits per heavy atom. The van der Waals surface area contributed by atoms with Gasteiger partial charge in [0.15, 0.2) is 0 Å². The van der Waals surface area contributed by atoms with Gasteiger partial charge in [0.2, 0.25) is 0 Å². The highest BCUT2D eigenvalue weighted by Crippen LogP contribution is 2.36. The molecule has 0 aromatic heterocycles. The van der Waals surface area contributed by atoms with Crippen LogP contribution in [0.4, 0.5) is 0 Å². The molecule has 24 heavy (non-hydrogen) atoms. The molecule has 3 atom stereocenters. The summed E-state index contributed by atoms with van der Waals surface area (Å²) in [4.78, 5) is 14.1. The first-order valence-corrected chi connectivity index (χ1v) is 9.06. The molecule has 2 fully saturated rings. The summed E-state index contributed by atoms with van der Waals surface area (Å²) < 4.78 is 5.59. The highest BCUT2D eigenvalue weighted by Gasteiger charge is 2.30. The van der Waals surface area contributed by atoms with Crippen molar-refractivity contribution < 1.29 is 9.53 Å². The summed E-state index contributed by atoms with van der Waals surface area (Å²) in [5.74, 6) is 1.67. The molecule has 2 aliphatic rings. The summed E-state index contributed by atoms with van der Waals surface area (Å²) in [6.07, 6.45) is 6.40. The van der Waals surface area contributed by atoms with Crippen LogP contribution >= 0.6 is 12.4 Å². The first kappa shape index (κ1) is 19.3. The number of ether oxygens (including phenoxy) is 1. The Labute approximate surface area is 152 Å². The quantitative estimate of drug-likeness (QED) is 0.730. The number of aryl methyl sites for hydroxylation is 1. The van der Waals surface area contributed by atoms with Gasteiger partial charge in [-0.1, -0.05) is 36.2 Å². The third-order valence-electron chi connectivity index (χ3n) is 5.48. The third kappa shape index (κ3) is 5.22. The van der Waals surface area contributed by atoms with Gasteiger partial charge in [0, 0.05) is 26.4 Å².